The second-order valence-corrected chi connectivity index (χ2v) is 4.57. The van der Waals surface area contributed by atoms with E-state index in [1.165, 1.54) is 10.5 Å². The molecule has 2 aromatic carbocycles. The van der Waals surface area contributed by atoms with Crippen LogP contribution in [0, 0.1) is 6.92 Å². The second kappa shape index (κ2) is 4.41. The van der Waals surface area contributed by atoms with Gasteiger partial charge in [-0.3, -0.25) is 0 Å². The Morgan fingerprint density at radius 2 is 1.73 bits per heavy atom. The van der Waals surface area contributed by atoms with Crippen molar-refractivity contribution >= 4 is 17.4 Å². The molecule has 0 atom stereocenters. The molecule has 0 unspecified atom stereocenters. The maximum Gasteiger partial charge on any atom is 0.0456 e. The van der Waals surface area contributed by atoms with Gasteiger partial charge in [0.2, 0.25) is 0 Å². The van der Waals surface area contributed by atoms with E-state index in [9.17, 15) is 0 Å². The van der Waals surface area contributed by atoms with Crippen molar-refractivity contribution < 1.29 is 0 Å². The van der Waals surface area contributed by atoms with E-state index in [1.54, 1.807) is 11.8 Å². The lowest BCUT2D eigenvalue weighted by molar-refractivity contribution is 1.35. The Bertz CT molecular complexity index is 451. The average Bonchev–Trinajstić information content (AvgIpc) is 2.25. The summed E-state index contributed by atoms with van der Waals surface area (Å²) in [7, 11) is 0. The molecule has 0 amide bonds. The van der Waals surface area contributed by atoms with Crippen molar-refractivity contribution in [3.8, 4) is 0 Å². The molecule has 76 valence electrons. The first-order valence-corrected chi connectivity index (χ1v) is 5.66. The topological polar surface area (TPSA) is 26.0 Å². The number of anilines is 1. The first-order valence-electron chi connectivity index (χ1n) is 4.85. The fourth-order valence-corrected chi connectivity index (χ4v) is 2.32. The van der Waals surface area contributed by atoms with Crippen molar-refractivity contribution in [3.05, 3.63) is 54.1 Å². The maximum absolute atomic E-state index is 5.92. The van der Waals surface area contributed by atoms with Gasteiger partial charge in [0.05, 0.1) is 0 Å². The highest BCUT2D eigenvalue weighted by Gasteiger charge is 2.01. The normalized spacial score (nSPS) is 10.2. The molecule has 0 fully saturated rings. The standard InChI is InChI=1S/C13H13NS/c1-10-7-8-12(14)13(9-10)15-11-5-3-2-4-6-11/h2-9H,14H2,1H3. The zero-order valence-electron chi connectivity index (χ0n) is 8.60. The summed E-state index contributed by atoms with van der Waals surface area (Å²) in [5.41, 5.74) is 8.00. The van der Waals surface area contributed by atoms with Gasteiger partial charge in [-0.25, -0.2) is 0 Å². The first kappa shape index (κ1) is 10.1. The molecule has 0 aliphatic heterocycles. The molecule has 1 nitrogen and oxygen atoms in total. The first-order chi connectivity index (χ1) is 7.25. The number of hydrogen-bond acceptors (Lipinski definition) is 2. The molecule has 0 aromatic heterocycles. The molecule has 0 radical (unpaired) electrons. The van der Waals surface area contributed by atoms with Crippen LogP contribution < -0.4 is 5.73 Å². The van der Waals surface area contributed by atoms with Gasteiger partial charge >= 0.3 is 0 Å². The Kier molecular flexibility index (Phi) is 2.97. The molecule has 0 bridgehead atoms. The Labute approximate surface area is 94.3 Å². The highest BCUT2D eigenvalue weighted by molar-refractivity contribution is 7.99. The summed E-state index contributed by atoms with van der Waals surface area (Å²) in [5, 5.41) is 0. The highest BCUT2D eigenvalue weighted by Crippen LogP contribution is 2.32. The Morgan fingerprint density at radius 3 is 2.47 bits per heavy atom. The molecule has 0 saturated heterocycles. The highest BCUT2D eigenvalue weighted by atomic mass is 32.2. The molecule has 0 aliphatic carbocycles. The van der Waals surface area contributed by atoms with E-state index < -0.39 is 0 Å². The lowest BCUT2D eigenvalue weighted by Crippen LogP contribution is -1.88. The van der Waals surface area contributed by atoms with Gasteiger partial charge in [0.15, 0.2) is 0 Å². The van der Waals surface area contributed by atoms with Crippen LogP contribution in [-0.2, 0) is 0 Å². The molecule has 2 heteroatoms. The molecule has 2 rings (SSSR count). The molecule has 15 heavy (non-hydrogen) atoms. The minimum Gasteiger partial charge on any atom is -0.398 e. The van der Waals surface area contributed by atoms with Crippen LogP contribution in [0.3, 0.4) is 0 Å². The Balaban J connectivity index is 2.28. The lowest BCUT2D eigenvalue weighted by Gasteiger charge is -2.06. The van der Waals surface area contributed by atoms with Crippen molar-refractivity contribution in [1.82, 2.24) is 0 Å². The van der Waals surface area contributed by atoms with Gasteiger partial charge < -0.3 is 5.73 Å². The van der Waals surface area contributed by atoms with Crippen molar-refractivity contribution in [2.45, 2.75) is 16.7 Å². The van der Waals surface area contributed by atoms with E-state index in [0.717, 1.165) is 10.6 Å². The van der Waals surface area contributed by atoms with Crippen LogP contribution in [0.2, 0.25) is 0 Å². The second-order valence-electron chi connectivity index (χ2n) is 3.46. The van der Waals surface area contributed by atoms with Crippen LogP contribution in [0.5, 0.6) is 0 Å². The van der Waals surface area contributed by atoms with Crippen LogP contribution in [0.25, 0.3) is 0 Å². The molecule has 0 aliphatic rings. The van der Waals surface area contributed by atoms with Gasteiger partial charge in [-0.15, -0.1) is 0 Å². The van der Waals surface area contributed by atoms with E-state index >= 15 is 0 Å². The number of hydrogen-bond donors (Lipinski definition) is 1. The van der Waals surface area contributed by atoms with Crippen LogP contribution in [0.15, 0.2) is 58.3 Å². The van der Waals surface area contributed by atoms with E-state index in [-0.39, 0.29) is 0 Å². The average molecular weight is 215 g/mol. The summed E-state index contributed by atoms with van der Waals surface area (Å²) >= 11 is 1.70. The predicted octanol–water partition coefficient (Wildman–Crippen LogP) is 3.73. The minimum atomic E-state index is 0.842. The van der Waals surface area contributed by atoms with Gasteiger partial charge in [0, 0.05) is 15.5 Å². The molecule has 0 spiro atoms. The largest absolute Gasteiger partial charge is 0.398 e. The van der Waals surface area contributed by atoms with Gasteiger partial charge in [0.25, 0.3) is 0 Å². The Morgan fingerprint density at radius 1 is 1.00 bits per heavy atom. The van der Waals surface area contributed by atoms with Gasteiger partial charge in [-0.2, -0.15) is 0 Å². The molecule has 0 heterocycles. The molecule has 0 saturated carbocycles. The number of nitrogens with two attached hydrogens (primary N) is 1. The molecule has 2 aromatic rings. The summed E-state index contributed by atoms with van der Waals surface area (Å²) in [5.74, 6) is 0. The van der Waals surface area contributed by atoms with Gasteiger partial charge in [-0.05, 0) is 36.8 Å². The summed E-state index contributed by atoms with van der Waals surface area (Å²) in [6, 6.07) is 16.4. The zero-order chi connectivity index (χ0) is 10.7. The number of benzene rings is 2. The summed E-state index contributed by atoms with van der Waals surface area (Å²) < 4.78 is 0. The van der Waals surface area contributed by atoms with E-state index in [2.05, 4.69) is 25.1 Å². The van der Waals surface area contributed by atoms with Crippen LogP contribution in [-0.4, -0.2) is 0 Å². The summed E-state index contributed by atoms with van der Waals surface area (Å²) in [4.78, 5) is 2.34. The van der Waals surface area contributed by atoms with Crippen LogP contribution in [0.1, 0.15) is 5.56 Å². The SMILES string of the molecule is Cc1ccc(N)c(Sc2ccccc2)c1. The number of aryl methyl sites for hydroxylation is 1. The van der Waals surface area contributed by atoms with Crippen LogP contribution >= 0.6 is 11.8 Å². The van der Waals surface area contributed by atoms with Crippen molar-refractivity contribution in [3.63, 3.8) is 0 Å². The third-order valence-corrected chi connectivity index (χ3v) is 3.22. The molecule has 2 N–H and O–H groups in total. The van der Waals surface area contributed by atoms with Crippen molar-refractivity contribution in [2.24, 2.45) is 0 Å². The third kappa shape index (κ3) is 2.54. The van der Waals surface area contributed by atoms with E-state index in [1.807, 2.05) is 30.3 Å². The monoisotopic (exact) mass is 215 g/mol. The minimum absolute atomic E-state index is 0.842. The summed E-state index contributed by atoms with van der Waals surface area (Å²) in [6.45, 7) is 2.08. The number of rotatable bonds is 2. The fourth-order valence-electron chi connectivity index (χ4n) is 1.35. The zero-order valence-corrected chi connectivity index (χ0v) is 9.42. The van der Waals surface area contributed by atoms with E-state index in [4.69, 9.17) is 5.73 Å². The molecular formula is C13H13NS. The van der Waals surface area contributed by atoms with Gasteiger partial charge in [-0.1, -0.05) is 36.0 Å². The smallest absolute Gasteiger partial charge is 0.0456 e. The summed E-state index contributed by atoms with van der Waals surface area (Å²) in [6.07, 6.45) is 0. The van der Waals surface area contributed by atoms with E-state index in [0.29, 0.717) is 0 Å². The Hall–Kier alpha value is -1.41. The van der Waals surface area contributed by atoms with Crippen molar-refractivity contribution in [1.29, 1.82) is 0 Å². The van der Waals surface area contributed by atoms with Crippen LogP contribution in [0.4, 0.5) is 5.69 Å². The molecular weight excluding hydrogens is 202 g/mol. The predicted molar refractivity (Wildman–Crippen MR) is 66.2 cm³/mol. The lowest BCUT2D eigenvalue weighted by atomic mass is 10.2. The maximum atomic E-state index is 5.92. The van der Waals surface area contributed by atoms with Crippen molar-refractivity contribution in [2.75, 3.05) is 5.73 Å². The van der Waals surface area contributed by atoms with Gasteiger partial charge in [0.1, 0.15) is 0 Å². The fraction of sp³-hybridized carbons (Fsp3) is 0.0769. The third-order valence-electron chi connectivity index (χ3n) is 2.14. The quantitative estimate of drug-likeness (QED) is 0.772. The number of nitrogen functional groups attached to an aromatic ring is 1.